The maximum atomic E-state index is 12.0. The first-order valence-electron chi connectivity index (χ1n) is 7.84. The first kappa shape index (κ1) is 16.7. The molecule has 0 saturated heterocycles. The first-order valence-corrected chi connectivity index (χ1v) is 7.84. The fraction of sp³-hybridized carbons (Fsp3) is 0.611. The second-order valence-electron chi connectivity index (χ2n) is 6.51. The van der Waals surface area contributed by atoms with E-state index in [1.165, 1.54) is 24.8 Å². The summed E-state index contributed by atoms with van der Waals surface area (Å²) in [5.41, 5.74) is 2.20. The van der Waals surface area contributed by atoms with Gasteiger partial charge in [0, 0.05) is 12.1 Å². The van der Waals surface area contributed by atoms with Crippen molar-refractivity contribution in [3.8, 4) is 0 Å². The van der Waals surface area contributed by atoms with Gasteiger partial charge >= 0.3 is 0 Å². The van der Waals surface area contributed by atoms with E-state index >= 15 is 0 Å². The molecule has 0 aliphatic heterocycles. The minimum Gasteiger partial charge on any atom is -0.326 e. The van der Waals surface area contributed by atoms with Gasteiger partial charge in [-0.2, -0.15) is 0 Å². The zero-order valence-electron chi connectivity index (χ0n) is 13.5. The normalized spacial score (nSPS) is 11.4. The monoisotopic (exact) mass is 275 g/mol. The maximum absolute atomic E-state index is 12.0. The van der Waals surface area contributed by atoms with Crippen LogP contribution in [0.2, 0.25) is 0 Å². The van der Waals surface area contributed by atoms with Crippen LogP contribution in [0.15, 0.2) is 24.3 Å². The van der Waals surface area contributed by atoms with Crippen molar-refractivity contribution in [2.24, 2.45) is 0 Å². The van der Waals surface area contributed by atoms with Crippen molar-refractivity contribution < 1.29 is 4.79 Å². The van der Waals surface area contributed by atoms with E-state index in [1.807, 2.05) is 18.2 Å². The molecule has 0 unspecified atom stereocenters. The number of hydrogen-bond donors (Lipinski definition) is 1. The molecule has 0 saturated carbocycles. The third-order valence-corrected chi connectivity index (χ3v) is 3.52. The SMILES string of the molecule is CCCCCCCC(=O)Nc1ccccc1C(C)(C)C. The van der Waals surface area contributed by atoms with Gasteiger partial charge in [-0.3, -0.25) is 4.79 Å². The lowest BCUT2D eigenvalue weighted by atomic mass is 9.86. The molecule has 2 nitrogen and oxygen atoms in total. The molecule has 1 N–H and O–H groups in total. The van der Waals surface area contributed by atoms with Gasteiger partial charge in [-0.15, -0.1) is 0 Å². The predicted molar refractivity (Wildman–Crippen MR) is 87.1 cm³/mol. The van der Waals surface area contributed by atoms with Crippen molar-refractivity contribution in [1.82, 2.24) is 0 Å². The van der Waals surface area contributed by atoms with Gasteiger partial charge < -0.3 is 5.32 Å². The number of carbonyl (C=O) groups is 1. The third kappa shape index (κ3) is 5.77. The summed E-state index contributed by atoms with van der Waals surface area (Å²) in [4.78, 5) is 12.0. The Morgan fingerprint density at radius 1 is 1.05 bits per heavy atom. The van der Waals surface area contributed by atoms with Crippen LogP contribution in [0, 0.1) is 0 Å². The molecule has 1 aromatic carbocycles. The zero-order valence-corrected chi connectivity index (χ0v) is 13.5. The van der Waals surface area contributed by atoms with E-state index in [0.29, 0.717) is 6.42 Å². The van der Waals surface area contributed by atoms with Crippen LogP contribution in [-0.2, 0) is 10.2 Å². The van der Waals surface area contributed by atoms with E-state index in [9.17, 15) is 4.79 Å². The van der Waals surface area contributed by atoms with Gasteiger partial charge in [0.15, 0.2) is 0 Å². The van der Waals surface area contributed by atoms with Crippen LogP contribution < -0.4 is 5.32 Å². The Labute approximate surface area is 124 Å². The summed E-state index contributed by atoms with van der Waals surface area (Å²) in [5.74, 6) is 0.137. The number of carbonyl (C=O) groups excluding carboxylic acids is 1. The van der Waals surface area contributed by atoms with E-state index in [2.05, 4.69) is 39.1 Å². The van der Waals surface area contributed by atoms with E-state index in [0.717, 1.165) is 18.5 Å². The fourth-order valence-electron chi connectivity index (χ4n) is 2.35. The van der Waals surface area contributed by atoms with Gasteiger partial charge in [0.05, 0.1) is 0 Å². The highest BCUT2D eigenvalue weighted by molar-refractivity contribution is 5.91. The van der Waals surface area contributed by atoms with Crippen LogP contribution in [-0.4, -0.2) is 5.91 Å². The van der Waals surface area contributed by atoms with Crippen molar-refractivity contribution in [2.75, 3.05) is 5.32 Å². The van der Waals surface area contributed by atoms with Crippen molar-refractivity contribution in [2.45, 2.75) is 71.6 Å². The Morgan fingerprint density at radius 2 is 1.70 bits per heavy atom. The summed E-state index contributed by atoms with van der Waals surface area (Å²) < 4.78 is 0. The number of anilines is 1. The Kier molecular flexibility index (Phi) is 6.77. The molecule has 0 aliphatic carbocycles. The third-order valence-electron chi connectivity index (χ3n) is 3.52. The molecule has 0 aromatic heterocycles. The summed E-state index contributed by atoms with van der Waals surface area (Å²) in [7, 11) is 0. The van der Waals surface area contributed by atoms with Gasteiger partial charge in [-0.25, -0.2) is 0 Å². The lowest BCUT2D eigenvalue weighted by Gasteiger charge is -2.23. The lowest BCUT2D eigenvalue weighted by Crippen LogP contribution is -2.18. The van der Waals surface area contributed by atoms with Gasteiger partial charge in [-0.05, 0) is 23.5 Å². The first-order chi connectivity index (χ1) is 9.45. The van der Waals surface area contributed by atoms with Crippen molar-refractivity contribution in [1.29, 1.82) is 0 Å². The molecule has 0 radical (unpaired) electrons. The highest BCUT2D eigenvalue weighted by Crippen LogP contribution is 2.29. The number of hydrogen-bond acceptors (Lipinski definition) is 1. The van der Waals surface area contributed by atoms with Crippen molar-refractivity contribution in [3.05, 3.63) is 29.8 Å². The number of para-hydroxylation sites is 1. The molecule has 0 heterocycles. The van der Waals surface area contributed by atoms with Gasteiger partial charge in [-0.1, -0.05) is 71.6 Å². The lowest BCUT2D eigenvalue weighted by molar-refractivity contribution is -0.116. The second-order valence-corrected chi connectivity index (χ2v) is 6.51. The number of benzene rings is 1. The summed E-state index contributed by atoms with van der Waals surface area (Å²) >= 11 is 0. The summed E-state index contributed by atoms with van der Waals surface area (Å²) in [6.07, 6.45) is 6.52. The minimum atomic E-state index is 0.0466. The topological polar surface area (TPSA) is 29.1 Å². The molecule has 0 atom stereocenters. The molecule has 20 heavy (non-hydrogen) atoms. The Hall–Kier alpha value is -1.31. The highest BCUT2D eigenvalue weighted by Gasteiger charge is 2.18. The average Bonchev–Trinajstić information content (AvgIpc) is 2.38. The summed E-state index contributed by atoms with van der Waals surface area (Å²) in [6.45, 7) is 8.71. The number of amides is 1. The van der Waals surface area contributed by atoms with Crippen molar-refractivity contribution in [3.63, 3.8) is 0 Å². The average molecular weight is 275 g/mol. The van der Waals surface area contributed by atoms with Crippen LogP contribution in [0.1, 0.15) is 71.8 Å². The predicted octanol–water partition coefficient (Wildman–Crippen LogP) is 5.28. The molecule has 112 valence electrons. The smallest absolute Gasteiger partial charge is 0.224 e. The Balaban J connectivity index is 2.50. The molecule has 1 amide bonds. The van der Waals surface area contributed by atoms with Gasteiger partial charge in [0.1, 0.15) is 0 Å². The standard InChI is InChI=1S/C18H29NO/c1-5-6-7-8-9-14-17(20)19-16-13-11-10-12-15(16)18(2,3)4/h10-13H,5-9,14H2,1-4H3,(H,19,20). The molecule has 2 heteroatoms. The molecule has 1 rings (SSSR count). The Morgan fingerprint density at radius 3 is 2.35 bits per heavy atom. The van der Waals surface area contributed by atoms with E-state index in [-0.39, 0.29) is 11.3 Å². The number of unbranched alkanes of at least 4 members (excludes halogenated alkanes) is 4. The van der Waals surface area contributed by atoms with Crippen LogP contribution in [0.25, 0.3) is 0 Å². The summed E-state index contributed by atoms with van der Waals surface area (Å²) in [5, 5.41) is 3.07. The van der Waals surface area contributed by atoms with Crippen LogP contribution in [0.5, 0.6) is 0 Å². The van der Waals surface area contributed by atoms with Gasteiger partial charge in [0.25, 0.3) is 0 Å². The zero-order chi connectivity index (χ0) is 15.0. The molecular formula is C18H29NO. The maximum Gasteiger partial charge on any atom is 0.224 e. The van der Waals surface area contributed by atoms with Gasteiger partial charge in [0.2, 0.25) is 5.91 Å². The van der Waals surface area contributed by atoms with E-state index in [4.69, 9.17) is 0 Å². The quantitative estimate of drug-likeness (QED) is 0.674. The number of nitrogens with one attached hydrogen (secondary N) is 1. The highest BCUT2D eigenvalue weighted by atomic mass is 16.1. The molecule has 0 spiro atoms. The molecule has 0 aliphatic rings. The fourth-order valence-corrected chi connectivity index (χ4v) is 2.35. The largest absolute Gasteiger partial charge is 0.326 e. The van der Waals surface area contributed by atoms with Crippen LogP contribution in [0.3, 0.4) is 0 Å². The van der Waals surface area contributed by atoms with Crippen molar-refractivity contribution >= 4 is 11.6 Å². The number of rotatable bonds is 7. The van der Waals surface area contributed by atoms with Crippen LogP contribution >= 0.6 is 0 Å². The van der Waals surface area contributed by atoms with E-state index < -0.39 is 0 Å². The summed E-state index contributed by atoms with van der Waals surface area (Å²) in [6, 6.07) is 8.10. The second kappa shape index (κ2) is 8.08. The van der Waals surface area contributed by atoms with E-state index in [1.54, 1.807) is 0 Å². The minimum absolute atomic E-state index is 0.0466. The molecule has 1 aromatic rings. The molecular weight excluding hydrogens is 246 g/mol. The van der Waals surface area contributed by atoms with Crippen LogP contribution in [0.4, 0.5) is 5.69 Å². The molecule has 0 fully saturated rings. The Bertz CT molecular complexity index is 418. The molecule has 0 bridgehead atoms.